The van der Waals surface area contributed by atoms with Crippen LogP contribution < -0.4 is 19.7 Å². The Labute approximate surface area is 206 Å². The SMILES string of the molecule is COc1cc(/C=C(/C#N)C(=O)Nc2nnc(N3CCCC3)s2)ccc1OC(=O)c1cccc(C)c1. The number of anilines is 2. The summed E-state index contributed by atoms with van der Waals surface area (Å²) in [5, 5.41) is 21.4. The fourth-order valence-electron chi connectivity index (χ4n) is 3.57. The molecule has 0 radical (unpaired) electrons. The third kappa shape index (κ3) is 5.83. The van der Waals surface area contributed by atoms with E-state index in [2.05, 4.69) is 20.4 Å². The van der Waals surface area contributed by atoms with Gasteiger partial charge in [-0.2, -0.15) is 5.26 Å². The average Bonchev–Trinajstić information content (AvgIpc) is 3.55. The van der Waals surface area contributed by atoms with E-state index in [0.29, 0.717) is 16.3 Å². The summed E-state index contributed by atoms with van der Waals surface area (Å²) in [6, 6.07) is 13.7. The third-order valence-electron chi connectivity index (χ3n) is 5.33. The molecule has 1 aliphatic rings. The van der Waals surface area contributed by atoms with Crippen LogP contribution in [-0.4, -0.2) is 42.3 Å². The molecule has 0 spiro atoms. The molecule has 1 amide bonds. The Kier molecular flexibility index (Phi) is 7.38. The fraction of sp³-hybridized carbons (Fsp3) is 0.240. The maximum atomic E-state index is 12.7. The molecular weight excluding hydrogens is 466 g/mol. The molecule has 1 fully saturated rings. The van der Waals surface area contributed by atoms with Crippen molar-refractivity contribution in [2.45, 2.75) is 19.8 Å². The number of carbonyl (C=O) groups excluding carboxylic acids is 2. The standard InChI is InChI=1S/C25H23N5O4S/c1-16-6-5-7-18(12-16)23(32)34-20-9-8-17(14-21(20)33-2)13-19(15-26)22(31)27-24-28-29-25(35-24)30-10-3-4-11-30/h5-9,12-14H,3-4,10-11H2,1-2H3,(H,27,28,31)/b19-13-. The van der Waals surface area contributed by atoms with Crippen molar-refractivity contribution >= 4 is 39.6 Å². The topological polar surface area (TPSA) is 117 Å². The smallest absolute Gasteiger partial charge is 0.343 e. The van der Waals surface area contributed by atoms with Gasteiger partial charge in [0.15, 0.2) is 11.5 Å². The van der Waals surface area contributed by atoms with E-state index in [-0.39, 0.29) is 17.1 Å². The van der Waals surface area contributed by atoms with Crippen LogP contribution in [0.4, 0.5) is 10.3 Å². The van der Waals surface area contributed by atoms with Gasteiger partial charge in [-0.1, -0.05) is 35.1 Å². The second-order valence-electron chi connectivity index (χ2n) is 7.88. The summed E-state index contributed by atoms with van der Waals surface area (Å²) in [5.41, 5.74) is 1.77. The molecule has 2 heterocycles. The summed E-state index contributed by atoms with van der Waals surface area (Å²) in [5.74, 6) is -0.595. The largest absolute Gasteiger partial charge is 0.493 e. The van der Waals surface area contributed by atoms with Crippen LogP contribution in [0.1, 0.15) is 34.3 Å². The van der Waals surface area contributed by atoms with Gasteiger partial charge in [0.2, 0.25) is 10.3 Å². The van der Waals surface area contributed by atoms with Crippen molar-refractivity contribution in [1.29, 1.82) is 5.26 Å². The van der Waals surface area contributed by atoms with Crippen LogP contribution in [0.2, 0.25) is 0 Å². The van der Waals surface area contributed by atoms with Crippen molar-refractivity contribution in [3.8, 4) is 17.6 Å². The van der Waals surface area contributed by atoms with Crippen molar-refractivity contribution in [3.63, 3.8) is 0 Å². The van der Waals surface area contributed by atoms with Gasteiger partial charge in [-0.05, 0) is 55.7 Å². The highest BCUT2D eigenvalue weighted by atomic mass is 32.1. The minimum Gasteiger partial charge on any atom is -0.493 e. The first kappa shape index (κ1) is 23.9. The van der Waals surface area contributed by atoms with E-state index in [9.17, 15) is 14.9 Å². The normalized spacial score (nSPS) is 13.3. The number of nitrogens with one attached hydrogen (secondary N) is 1. The van der Waals surface area contributed by atoms with E-state index in [1.807, 2.05) is 19.1 Å². The number of hydrogen-bond acceptors (Lipinski definition) is 9. The average molecular weight is 490 g/mol. The first-order valence-electron chi connectivity index (χ1n) is 11.0. The molecule has 0 bridgehead atoms. The van der Waals surface area contributed by atoms with Gasteiger partial charge in [0.1, 0.15) is 11.6 Å². The molecule has 9 nitrogen and oxygen atoms in total. The first-order valence-corrected chi connectivity index (χ1v) is 11.8. The Hall–Kier alpha value is -4.23. The van der Waals surface area contributed by atoms with Crippen molar-refractivity contribution in [3.05, 3.63) is 64.7 Å². The number of rotatable bonds is 7. The molecule has 10 heteroatoms. The summed E-state index contributed by atoms with van der Waals surface area (Å²) in [6.45, 7) is 3.73. The van der Waals surface area contributed by atoms with E-state index in [1.165, 1.54) is 24.5 Å². The van der Waals surface area contributed by atoms with Crippen molar-refractivity contribution in [2.75, 3.05) is 30.4 Å². The highest BCUT2D eigenvalue weighted by molar-refractivity contribution is 7.19. The van der Waals surface area contributed by atoms with E-state index in [0.717, 1.165) is 36.6 Å². The summed E-state index contributed by atoms with van der Waals surface area (Å²) in [4.78, 5) is 27.3. The molecule has 0 unspecified atom stereocenters. The number of methoxy groups -OCH3 is 1. The van der Waals surface area contributed by atoms with Crippen molar-refractivity contribution < 1.29 is 19.1 Å². The number of carbonyl (C=O) groups is 2. The van der Waals surface area contributed by atoms with Gasteiger partial charge in [-0.3, -0.25) is 10.1 Å². The lowest BCUT2D eigenvalue weighted by Crippen LogP contribution is -2.17. The second-order valence-corrected chi connectivity index (χ2v) is 8.83. The zero-order valence-corrected chi connectivity index (χ0v) is 20.1. The summed E-state index contributed by atoms with van der Waals surface area (Å²) in [7, 11) is 1.44. The van der Waals surface area contributed by atoms with Gasteiger partial charge < -0.3 is 14.4 Å². The minimum absolute atomic E-state index is 0.116. The molecule has 35 heavy (non-hydrogen) atoms. The summed E-state index contributed by atoms with van der Waals surface area (Å²) < 4.78 is 10.8. The maximum absolute atomic E-state index is 12.7. The quantitative estimate of drug-likeness (QED) is 0.227. The van der Waals surface area contributed by atoms with Crippen LogP contribution in [0, 0.1) is 18.3 Å². The molecule has 1 saturated heterocycles. The van der Waals surface area contributed by atoms with Gasteiger partial charge in [0.25, 0.3) is 5.91 Å². The minimum atomic E-state index is -0.592. The highest BCUT2D eigenvalue weighted by Gasteiger charge is 2.19. The Balaban J connectivity index is 1.47. The van der Waals surface area contributed by atoms with E-state index in [1.54, 1.807) is 36.4 Å². The highest BCUT2D eigenvalue weighted by Crippen LogP contribution is 2.30. The van der Waals surface area contributed by atoms with Crippen LogP contribution in [0.5, 0.6) is 11.5 Å². The molecule has 0 atom stereocenters. The lowest BCUT2D eigenvalue weighted by atomic mass is 10.1. The number of nitriles is 1. The Morgan fingerprint density at radius 3 is 2.66 bits per heavy atom. The molecule has 3 aromatic rings. The lowest BCUT2D eigenvalue weighted by molar-refractivity contribution is -0.112. The van der Waals surface area contributed by atoms with E-state index in [4.69, 9.17) is 9.47 Å². The number of aryl methyl sites for hydroxylation is 1. The number of esters is 1. The first-order chi connectivity index (χ1) is 17.0. The monoisotopic (exact) mass is 489 g/mol. The number of ether oxygens (including phenoxy) is 2. The molecule has 0 aliphatic carbocycles. The summed E-state index contributed by atoms with van der Waals surface area (Å²) in [6.07, 6.45) is 3.64. The molecular formula is C25H23N5O4S. The van der Waals surface area contributed by atoms with Crippen LogP contribution in [-0.2, 0) is 4.79 Å². The van der Waals surface area contributed by atoms with Crippen LogP contribution in [0.25, 0.3) is 6.08 Å². The van der Waals surface area contributed by atoms with E-state index >= 15 is 0 Å². The Bertz CT molecular complexity index is 1320. The van der Waals surface area contributed by atoms with Gasteiger partial charge in [0.05, 0.1) is 12.7 Å². The summed E-state index contributed by atoms with van der Waals surface area (Å²) >= 11 is 1.27. The number of hydrogen-bond donors (Lipinski definition) is 1. The molecule has 2 aromatic carbocycles. The van der Waals surface area contributed by atoms with Gasteiger partial charge in [-0.25, -0.2) is 4.79 Å². The van der Waals surface area contributed by atoms with Crippen molar-refractivity contribution in [2.24, 2.45) is 0 Å². The van der Waals surface area contributed by atoms with Crippen LogP contribution >= 0.6 is 11.3 Å². The molecule has 1 N–H and O–H groups in total. The Morgan fingerprint density at radius 2 is 1.94 bits per heavy atom. The van der Waals surface area contributed by atoms with Crippen LogP contribution in [0.3, 0.4) is 0 Å². The molecule has 0 saturated carbocycles. The molecule has 1 aromatic heterocycles. The number of benzene rings is 2. The lowest BCUT2D eigenvalue weighted by Gasteiger charge is -2.11. The van der Waals surface area contributed by atoms with E-state index < -0.39 is 11.9 Å². The number of amides is 1. The number of nitrogens with zero attached hydrogens (tertiary/aromatic N) is 4. The zero-order chi connectivity index (χ0) is 24.8. The van der Waals surface area contributed by atoms with Gasteiger partial charge in [-0.15, -0.1) is 10.2 Å². The van der Waals surface area contributed by atoms with Gasteiger partial charge >= 0.3 is 5.97 Å². The van der Waals surface area contributed by atoms with Crippen LogP contribution in [0.15, 0.2) is 48.0 Å². The fourth-order valence-corrected chi connectivity index (χ4v) is 4.36. The zero-order valence-electron chi connectivity index (χ0n) is 19.3. The second kappa shape index (κ2) is 10.8. The maximum Gasteiger partial charge on any atom is 0.343 e. The number of aromatic nitrogens is 2. The van der Waals surface area contributed by atoms with Gasteiger partial charge in [0, 0.05) is 13.1 Å². The third-order valence-corrected chi connectivity index (χ3v) is 6.23. The molecule has 4 rings (SSSR count). The molecule has 1 aliphatic heterocycles. The predicted molar refractivity (Wildman–Crippen MR) is 133 cm³/mol. The van der Waals surface area contributed by atoms with Crippen molar-refractivity contribution in [1.82, 2.24) is 10.2 Å². The predicted octanol–water partition coefficient (Wildman–Crippen LogP) is 4.22. The Morgan fingerprint density at radius 1 is 1.14 bits per heavy atom. The molecule has 178 valence electrons.